The summed E-state index contributed by atoms with van der Waals surface area (Å²) in [6.07, 6.45) is 0.241. The Labute approximate surface area is 163 Å². The van der Waals surface area contributed by atoms with Crippen molar-refractivity contribution in [3.8, 4) is 5.75 Å². The lowest BCUT2D eigenvalue weighted by Gasteiger charge is -2.22. The second-order valence-electron chi connectivity index (χ2n) is 7.26. The molecule has 9 heteroatoms. The van der Waals surface area contributed by atoms with Gasteiger partial charge in [-0.2, -0.15) is 0 Å². The van der Waals surface area contributed by atoms with Gasteiger partial charge in [-0.1, -0.05) is 26.0 Å². The predicted molar refractivity (Wildman–Crippen MR) is 99.6 cm³/mol. The summed E-state index contributed by atoms with van der Waals surface area (Å²) in [6, 6.07) is 4.85. The highest BCUT2D eigenvalue weighted by Crippen LogP contribution is 2.29. The van der Waals surface area contributed by atoms with Crippen LogP contribution >= 0.6 is 0 Å². The number of methoxy groups -OCH3 is 1. The van der Waals surface area contributed by atoms with Gasteiger partial charge in [-0.3, -0.25) is 14.5 Å². The molecule has 1 saturated heterocycles. The number of rotatable bonds is 8. The fourth-order valence-corrected chi connectivity index (χ4v) is 3.04. The van der Waals surface area contributed by atoms with Crippen LogP contribution in [-0.2, 0) is 19.9 Å². The maximum absolute atomic E-state index is 12.8. The van der Waals surface area contributed by atoms with E-state index in [2.05, 4.69) is 10.6 Å². The zero-order chi connectivity index (χ0) is 21.1. The second-order valence-corrected chi connectivity index (χ2v) is 7.26. The minimum atomic E-state index is -1.33. The molecule has 2 atom stereocenters. The molecule has 0 aliphatic carbocycles. The summed E-state index contributed by atoms with van der Waals surface area (Å²) in [6.45, 7) is 4.66. The predicted octanol–water partition coefficient (Wildman–Crippen LogP) is 1.08. The number of carboxylic acids is 1. The fourth-order valence-electron chi connectivity index (χ4n) is 3.04. The Morgan fingerprint density at radius 3 is 2.36 bits per heavy atom. The number of ether oxygens (including phenoxy) is 1. The van der Waals surface area contributed by atoms with E-state index < -0.39 is 41.9 Å². The van der Waals surface area contributed by atoms with Crippen molar-refractivity contribution in [3.05, 3.63) is 29.8 Å². The molecule has 9 nitrogen and oxygen atoms in total. The van der Waals surface area contributed by atoms with Crippen molar-refractivity contribution in [2.75, 3.05) is 13.7 Å². The van der Waals surface area contributed by atoms with Crippen LogP contribution in [0.25, 0.3) is 0 Å². The monoisotopic (exact) mass is 391 g/mol. The van der Waals surface area contributed by atoms with E-state index >= 15 is 0 Å². The first kappa shape index (κ1) is 21.2. The zero-order valence-electron chi connectivity index (χ0n) is 16.3. The highest BCUT2D eigenvalue weighted by atomic mass is 16.5. The molecule has 1 aliphatic heterocycles. The van der Waals surface area contributed by atoms with Crippen molar-refractivity contribution in [2.45, 2.75) is 38.8 Å². The second kappa shape index (κ2) is 8.28. The number of nitrogens with one attached hydrogen (secondary N) is 2. The van der Waals surface area contributed by atoms with Crippen LogP contribution in [-0.4, -0.2) is 53.5 Å². The van der Waals surface area contributed by atoms with Gasteiger partial charge in [0.25, 0.3) is 5.91 Å². The Morgan fingerprint density at radius 1 is 1.25 bits per heavy atom. The molecular formula is C19H25N3O6. The van der Waals surface area contributed by atoms with Crippen LogP contribution in [0.1, 0.15) is 32.8 Å². The molecule has 0 radical (unpaired) electrons. The van der Waals surface area contributed by atoms with E-state index in [-0.39, 0.29) is 12.3 Å². The molecule has 28 heavy (non-hydrogen) atoms. The van der Waals surface area contributed by atoms with Gasteiger partial charge in [0.2, 0.25) is 5.91 Å². The smallest absolute Gasteiger partial charge is 0.326 e. The van der Waals surface area contributed by atoms with Gasteiger partial charge in [0.15, 0.2) is 0 Å². The van der Waals surface area contributed by atoms with Crippen LogP contribution < -0.4 is 15.4 Å². The van der Waals surface area contributed by atoms with E-state index in [1.807, 2.05) is 13.8 Å². The molecule has 1 aliphatic rings. The minimum absolute atomic E-state index is 0.0523. The van der Waals surface area contributed by atoms with Crippen LogP contribution in [0.4, 0.5) is 4.79 Å². The van der Waals surface area contributed by atoms with Gasteiger partial charge in [-0.15, -0.1) is 0 Å². The third-order valence-electron chi connectivity index (χ3n) is 4.58. The Bertz CT molecular complexity index is 776. The van der Waals surface area contributed by atoms with Crippen molar-refractivity contribution >= 4 is 23.8 Å². The molecule has 152 valence electrons. The van der Waals surface area contributed by atoms with Crippen molar-refractivity contribution < 1.29 is 29.0 Å². The first-order valence-corrected chi connectivity index (χ1v) is 8.89. The number of imide groups is 1. The first-order chi connectivity index (χ1) is 13.1. The third kappa shape index (κ3) is 4.41. The summed E-state index contributed by atoms with van der Waals surface area (Å²) in [7, 11) is 1.52. The van der Waals surface area contributed by atoms with Crippen molar-refractivity contribution in [1.82, 2.24) is 15.5 Å². The fraction of sp³-hybridized carbons (Fsp3) is 0.474. The molecule has 3 N–H and O–H groups in total. The molecule has 1 aromatic carbocycles. The number of benzene rings is 1. The lowest BCUT2D eigenvalue weighted by molar-refractivity contribution is -0.142. The number of urea groups is 1. The SMILES string of the molecule is COc1ccc(C2(C)NC(=O)N(CC(=O)N[C@@H](CC(C)C)C(=O)O)C2=O)cc1. The first-order valence-electron chi connectivity index (χ1n) is 8.89. The van der Waals surface area contributed by atoms with Crippen molar-refractivity contribution in [3.63, 3.8) is 0 Å². The quantitative estimate of drug-likeness (QED) is 0.570. The van der Waals surface area contributed by atoms with E-state index in [1.54, 1.807) is 31.2 Å². The Balaban J connectivity index is 2.12. The standard InChI is InChI=1S/C19H25N3O6/c1-11(2)9-14(16(24)25)20-15(23)10-22-17(26)19(3,21-18(22)27)12-5-7-13(28-4)8-6-12/h5-8,11,14H,9-10H2,1-4H3,(H,20,23)(H,21,27)(H,24,25)/t14-,19?/m0/s1. The lowest BCUT2D eigenvalue weighted by Crippen LogP contribution is -2.48. The van der Waals surface area contributed by atoms with Gasteiger partial charge in [0, 0.05) is 0 Å². The Kier molecular flexibility index (Phi) is 6.27. The number of carbonyl (C=O) groups excluding carboxylic acids is 3. The largest absolute Gasteiger partial charge is 0.497 e. The number of amides is 4. The van der Waals surface area contributed by atoms with E-state index in [0.717, 1.165) is 4.90 Å². The van der Waals surface area contributed by atoms with E-state index in [9.17, 15) is 24.3 Å². The summed E-state index contributed by atoms with van der Waals surface area (Å²) >= 11 is 0. The normalized spacial score (nSPS) is 20.1. The molecule has 1 heterocycles. The van der Waals surface area contributed by atoms with Crippen LogP contribution in [0.3, 0.4) is 0 Å². The number of aliphatic carboxylic acids is 1. The number of carboxylic acid groups (broad SMARTS) is 1. The van der Waals surface area contributed by atoms with Gasteiger partial charge >= 0.3 is 12.0 Å². The highest BCUT2D eigenvalue weighted by molar-refractivity contribution is 6.09. The third-order valence-corrected chi connectivity index (χ3v) is 4.58. The van der Waals surface area contributed by atoms with Crippen molar-refractivity contribution in [1.29, 1.82) is 0 Å². The van der Waals surface area contributed by atoms with Gasteiger partial charge in [0.1, 0.15) is 23.9 Å². The van der Waals surface area contributed by atoms with Gasteiger partial charge < -0.3 is 20.5 Å². The number of carbonyl (C=O) groups is 4. The zero-order valence-corrected chi connectivity index (χ0v) is 16.3. The summed E-state index contributed by atoms with van der Waals surface area (Å²) in [5.41, 5.74) is -0.786. The molecule has 1 aromatic rings. The van der Waals surface area contributed by atoms with Gasteiger partial charge in [-0.05, 0) is 37.0 Å². The average Bonchev–Trinajstić information content (AvgIpc) is 2.85. The van der Waals surface area contributed by atoms with Crippen LogP contribution in [0.15, 0.2) is 24.3 Å². The Morgan fingerprint density at radius 2 is 1.86 bits per heavy atom. The summed E-state index contributed by atoms with van der Waals surface area (Å²) in [4.78, 5) is 49.5. The van der Waals surface area contributed by atoms with Gasteiger partial charge in [0.05, 0.1) is 7.11 Å². The van der Waals surface area contributed by atoms with E-state index in [4.69, 9.17) is 4.74 Å². The molecule has 0 spiro atoms. The highest BCUT2D eigenvalue weighted by Gasteiger charge is 2.49. The summed E-state index contributed by atoms with van der Waals surface area (Å²) < 4.78 is 5.09. The lowest BCUT2D eigenvalue weighted by atomic mass is 9.92. The Hall–Kier alpha value is -3.10. The molecule has 2 rings (SSSR count). The van der Waals surface area contributed by atoms with E-state index in [0.29, 0.717) is 11.3 Å². The van der Waals surface area contributed by atoms with Crippen molar-refractivity contribution in [2.24, 2.45) is 5.92 Å². The molecule has 0 bridgehead atoms. The molecular weight excluding hydrogens is 366 g/mol. The van der Waals surface area contributed by atoms with Crippen LogP contribution in [0.2, 0.25) is 0 Å². The summed E-state index contributed by atoms with van der Waals surface area (Å²) in [5.74, 6) is -1.81. The molecule has 1 unspecified atom stereocenters. The maximum Gasteiger partial charge on any atom is 0.326 e. The van der Waals surface area contributed by atoms with Crippen LogP contribution in [0.5, 0.6) is 5.75 Å². The number of nitrogens with zero attached hydrogens (tertiary/aromatic N) is 1. The van der Waals surface area contributed by atoms with Gasteiger partial charge in [-0.25, -0.2) is 9.59 Å². The molecule has 0 saturated carbocycles. The maximum atomic E-state index is 12.8. The molecule has 4 amide bonds. The number of hydrogen-bond donors (Lipinski definition) is 3. The average molecular weight is 391 g/mol. The molecule has 0 aromatic heterocycles. The van der Waals surface area contributed by atoms with E-state index in [1.165, 1.54) is 7.11 Å². The van der Waals surface area contributed by atoms with Crippen LogP contribution in [0, 0.1) is 5.92 Å². The number of hydrogen-bond acceptors (Lipinski definition) is 5. The summed E-state index contributed by atoms with van der Waals surface area (Å²) in [5, 5.41) is 14.2. The topological polar surface area (TPSA) is 125 Å². The molecule has 1 fully saturated rings. The minimum Gasteiger partial charge on any atom is -0.497 e.